The maximum absolute atomic E-state index is 5.15. The van der Waals surface area contributed by atoms with E-state index in [9.17, 15) is 0 Å². The predicted molar refractivity (Wildman–Crippen MR) is 114 cm³/mol. The molecule has 5 nitrogen and oxygen atoms in total. The van der Waals surface area contributed by atoms with Crippen molar-refractivity contribution in [1.29, 1.82) is 0 Å². The summed E-state index contributed by atoms with van der Waals surface area (Å²) in [6.07, 6.45) is 5.03. The Morgan fingerprint density at radius 1 is 1.14 bits per heavy atom. The molecule has 28 heavy (non-hydrogen) atoms. The summed E-state index contributed by atoms with van der Waals surface area (Å²) < 4.78 is 2.55. The number of hydrogen-bond donors (Lipinski definition) is 1. The van der Waals surface area contributed by atoms with Gasteiger partial charge in [-0.25, -0.2) is 9.67 Å². The fraction of sp³-hybridized carbons (Fsp3) is 0.190. The summed E-state index contributed by atoms with van der Waals surface area (Å²) in [7, 11) is 0. The first kappa shape index (κ1) is 17.5. The van der Waals surface area contributed by atoms with E-state index >= 15 is 0 Å². The third-order valence-corrected chi connectivity index (χ3v) is 6.10. The van der Waals surface area contributed by atoms with E-state index in [0.717, 1.165) is 37.4 Å². The van der Waals surface area contributed by atoms with E-state index in [1.54, 1.807) is 11.3 Å². The topological polar surface area (TPSA) is 49.7 Å². The number of para-hydroxylation sites is 1. The monoisotopic (exact) mass is 405 g/mol. The first-order valence-corrected chi connectivity index (χ1v) is 10.5. The van der Waals surface area contributed by atoms with Gasteiger partial charge in [-0.05, 0) is 35.8 Å². The van der Waals surface area contributed by atoms with Crippen LogP contribution in [0.3, 0.4) is 0 Å². The molecular weight excluding hydrogens is 386 g/mol. The van der Waals surface area contributed by atoms with Gasteiger partial charge in [-0.2, -0.15) is 5.10 Å². The Labute approximate surface area is 172 Å². The van der Waals surface area contributed by atoms with Crippen LogP contribution < -0.4 is 0 Å². The second-order valence-corrected chi connectivity index (χ2v) is 8.25. The van der Waals surface area contributed by atoms with Gasteiger partial charge in [0.05, 0.1) is 10.6 Å². The van der Waals surface area contributed by atoms with Crippen molar-refractivity contribution in [3.05, 3.63) is 81.8 Å². The van der Waals surface area contributed by atoms with Crippen molar-refractivity contribution in [3.8, 4) is 16.3 Å². The molecule has 140 valence electrons. The number of nitrogens with zero attached hydrogens (tertiary/aromatic N) is 4. The number of rotatable bonds is 4. The van der Waals surface area contributed by atoms with Crippen LogP contribution in [-0.4, -0.2) is 31.2 Å². The van der Waals surface area contributed by atoms with E-state index in [1.165, 1.54) is 21.7 Å². The Balaban J connectivity index is 1.47. The summed E-state index contributed by atoms with van der Waals surface area (Å²) in [4.78, 5) is 11.1. The number of fused-ring (bicyclic) bond motifs is 1. The maximum atomic E-state index is 5.15. The highest BCUT2D eigenvalue weighted by Crippen LogP contribution is 2.29. The summed E-state index contributed by atoms with van der Waals surface area (Å²) in [6.45, 7) is 2.71. The van der Waals surface area contributed by atoms with Crippen LogP contribution in [0, 0.1) is 4.77 Å². The fourth-order valence-corrected chi connectivity index (χ4v) is 4.56. The van der Waals surface area contributed by atoms with Crippen molar-refractivity contribution in [2.24, 2.45) is 0 Å². The number of aromatic nitrogens is 4. The Kier molecular flexibility index (Phi) is 4.64. The van der Waals surface area contributed by atoms with Gasteiger partial charge in [0.1, 0.15) is 5.69 Å². The molecule has 0 saturated carbocycles. The lowest BCUT2D eigenvalue weighted by atomic mass is 10.1. The van der Waals surface area contributed by atoms with Crippen LogP contribution >= 0.6 is 23.6 Å². The van der Waals surface area contributed by atoms with E-state index in [0.29, 0.717) is 4.77 Å². The SMILES string of the molecule is S=c1ncc2c([nH]1)CCN(Cc1cn(-c3ccccc3)nc1-c1cccs1)C2. The zero-order valence-electron chi connectivity index (χ0n) is 15.2. The molecule has 4 heterocycles. The smallest absolute Gasteiger partial charge is 0.196 e. The number of hydrogen-bond acceptors (Lipinski definition) is 5. The van der Waals surface area contributed by atoms with Gasteiger partial charge in [-0.1, -0.05) is 24.3 Å². The van der Waals surface area contributed by atoms with Crippen molar-refractivity contribution in [1.82, 2.24) is 24.6 Å². The van der Waals surface area contributed by atoms with Crippen molar-refractivity contribution < 1.29 is 0 Å². The molecule has 1 aliphatic rings. The lowest BCUT2D eigenvalue weighted by Crippen LogP contribution is -2.30. The molecule has 5 rings (SSSR count). The van der Waals surface area contributed by atoms with Gasteiger partial charge >= 0.3 is 0 Å². The molecule has 0 atom stereocenters. The lowest BCUT2D eigenvalue weighted by molar-refractivity contribution is 0.243. The molecule has 0 spiro atoms. The molecule has 0 fully saturated rings. The Bertz CT molecular complexity index is 1150. The highest BCUT2D eigenvalue weighted by molar-refractivity contribution is 7.71. The van der Waals surface area contributed by atoms with Crippen LogP contribution in [0.1, 0.15) is 16.8 Å². The minimum Gasteiger partial charge on any atom is -0.334 e. The second kappa shape index (κ2) is 7.43. The molecule has 0 radical (unpaired) electrons. The molecule has 0 bridgehead atoms. The van der Waals surface area contributed by atoms with Crippen LogP contribution in [0.15, 0.2) is 60.2 Å². The minimum atomic E-state index is 0.566. The largest absolute Gasteiger partial charge is 0.334 e. The number of benzene rings is 1. The molecule has 0 saturated heterocycles. The lowest BCUT2D eigenvalue weighted by Gasteiger charge is -2.27. The molecule has 0 aliphatic carbocycles. The number of thiophene rings is 1. The molecule has 4 aromatic rings. The van der Waals surface area contributed by atoms with Crippen LogP contribution in [-0.2, 0) is 19.5 Å². The summed E-state index contributed by atoms with van der Waals surface area (Å²) >= 11 is 6.88. The zero-order valence-corrected chi connectivity index (χ0v) is 16.8. The van der Waals surface area contributed by atoms with Crippen LogP contribution in [0.2, 0.25) is 0 Å². The molecule has 0 amide bonds. The number of aromatic amines is 1. The van der Waals surface area contributed by atoms with Gasteiger partial charge in [0.25, 0.3) is 0 Å². The van der Waals surface area contributed by atoms with Crippen LogP contribution in [0.25, 0.3) is 16.3 Å². The highest BCUT2D eigenvalue weighted by Gasteiger charge is 2.20. The zero-order chi connectivity index (χ0) is 18.9. The summed E-state index contributed by atoms with van der Waals surface area (Å²) in [5.41, 5.74) is 5.83. The number of nitrogens with one attached hydrogen (secondary N) is 1. The summed E-state index contributed by atoms with van der Waals surface area (Å²) in [5.74, 6) is 0. The molecule has 3 aromatic heterocycles. The van der Waals surface area contributed by atoms with Gasteiger partial charge in [0.2, 0.25) is 0 Å². The van der Waals surface area contributed by atoms with Crippen molar-refractivity contribution in [3.63, 3.8) is 0 Å². The normalized spacial score (nSPS) is 14.1. The third kappa shape index (κ3) is 3.44. The Morgan fingerprint density at radius 2 is 2.04 bits per heavy atom. The van der Waals surface area contributed by atoms with Crippen LogP contribution in [0.4, 0.5) is 0 Å². The van der Waals surface area contributed by atoms with Crippen molar-refractivity contribution in [2.75, 3.05) is 6.54 Å². The highest BCUT2D eigenvalue weighted by atomic mass is 32.1. The first-order valence-electron chi connectivity index (χ1n) is 9.23. The van der Waals surface area contributed by atoms with E-state index in [4.69, 9.17) is 17.3 Å². The average Bonchev–Trinajstić information content (AvgIpc) is 3.39. The Morgan fingerprint density at radius 3 is 2.86 bits per heavy atom. The minimum absolute atomic E-state index is 0.566. The van der Waals surface area contributed by atoms with E-state index < -0.39 is 0 Å². The van der Waals surface area contributed by atoms with E-state index in [-0.39, 0.29) is 0 Å². The molecule has 1 aliphatic heterocycles. The van der Waals surface area contributed by atoms with Crippen molar-refractivity contribution in [2.45, 2.75) is 19.5 Å². The first-order chi connectivity index (χ1) is 13.8. The maximum Gasteiger partial charge on any atom is 0.196 e. The van der Waals surface area contributed by atoms with Gasteiger partial charge in [0.15, 0.2) is 4.77 Å². The summed E-state index contributed by atoms with van der Waals surface area (Å²) in [5, 5.41) is 7.02. The van der Waals surface area contributed by atoms with Crippen LogP contribution in [0.5, 0.6) is 0 Å². The third-order valence-electron chi connectivity index (χ3n) is 5.01. The Hall–Kier alpha value is -2.61. The molecule has 7 heteroatoms. The summed E-state index contributed by atoms with van der Waals surface area (Å²) in [6, 6.07) is 14.5. The van der Waals surface area contributed by atoms with Gasteiger partial charge in [-0.15, -0.1) is 11.3 Å². The average molecular weight is 406 g/mol. The quantitative estimate of drug-likeness (QED) is 0.504. The number of H-pyrrole nitrogens is 1. The molecule has 1 aromatic carbocycles. The van der Waals surface area contributed by atoms with Gasteiger partial charge in [-0.3, -0.25) is 4.90 Å². The molecule has 1 N–H and O–H groups in total. The second-order valence-electron chi connectivity index (χ2n) is 6.91. The standard InChI is InChI=1S/C21H19N5S2/c27-21-22-11-15-12-25(9-8-18(15)23-21)13-16-14-26(17-5-2-1-3-6-17)24-20(16)19-7-4-10-28-19/h1-7,10-11,14H,8-9,12-13H2,(H,22,23,27). The fourth-order valence-electron chi connectivity index (χ4n) is 3.64. The molecule has 0 unspecified atom stereocenters. The van der Waals surface area contributed by atoms with Crippen molar-refractivity contribution >= 4 is 23.6 Å². The molecular formula is C21H19N5S2. The van der Waals surface area contributed by atoms with Gasteiger partial charge < -0.3 is 4.98 Å². The predicted octanol–water partition coefficient (Wildman–Crippen LogP) is 4.61. The van der Waals surface area contributed by atoms with E-state index in [1.807, 2.05) is 29.1 Å². The van der Waals surface area contributed by atoms with Gasteiger partial charge in [0, 0.05) is 55.3 Å². The van der Waals surface area contributed by atoms with E-state index in [2.05, 4.69) is 50.7 Å².